The van der Waals surface area contributed by atoms with Crippen LogP contribution in [0.15, 0.2) is 21.4 Å². The minimum Gasteiger partial charge on any atom is -0.312 e. The van der Waals surface area contributed by atoms with E-state index in [4.69, 9.17) is 5.14 Å². The highest BCUT2D eigenvalue weighted by molar-refractivity contribution is 7.89. The second kappa shape index (κ2) is 2.87. The molecule has 2 aromatic rings. The molecular formula is C6H5N3O3S2. The molecule has 0 amide bonds. The first-order chi connectivity index (χ1) is 6.50. The van der Waals surface area contributed by atoms with Crippen LogP contribution in [0.5, 0.6) is 0 Å². The molecule has 0 atom stereocenters. The molecule has 0 aliphatic rings. The van der Waals surface area contributed by atoms with Crippen molar-refractivity contribution in [2.24, 2.45) is 5.14 Å². The standard InChI is InChI=1S/C6H5N3O3S2/c7-14(11,12)3-1-13-5-4(3)8-2-9-6(5)10/h1-2H,(H2,7,11,12)(H,8,9,10). The molecule has 0 aliphatic heterocycles. The zero-order chi connectivity index (χ0) is 10.3. The fourth-order valence-electron chi connectivity index (χ4n) is 1.04. The summed E-state index contributed by atoms with van der Waals surface area (Å²) < 4.78 is 22.4. The van der Waals surface area contributed by atoms with E-state index in [0.29, 0.717) is 0 Å². The molecule has 0 saturated heterocycles. The predicted octanol–water partition coefficient (Wildman–Crippen LogP) is -0.368. The highest BCUT2D eigenvalue weighted by Gasteiger charge is 2.16. The number of aromatic amines is 1. The Hall–Kier alpha value is -1.25. The van der Waals surface area contributed by atoms with Gasteiger partial charge >= 0.3 is 0 Å². The van der Waals surface area contributed by atoms with E-state index in [2.05, 4.69) is 9.97 Å². The molecule has 2 rings (SSSR count). The molecule has 0 fully saturated rings. The second-order valence-electron chi connectivity index (χ2n) is 2.55. The van der Waals surface area contributed by atoms with Crippen molar-refractivity contribution in [1.29, 1.82) is 0 Å². The van der Waals surface area contributed by atoms with Gasteiger partial charge in [0.1, 0.15) is 15.1 Å². The summed E-state index contributed by atoms with van der Waals surface area (Å²) in [6, 6.07) is 0. The first-order valence-electron chi connectivity index (χ1n) is 3.48. The molecule has 0 saturated carbocycles. The predicted molar refractivity (Wildman–Crippen MR) is 51.6 cm³/mol. The van der Waals surface area contributed by atoms with E-state index in [0.717, 1.165) is 17.7 Å². The maximum Gasteiger partial charge on any atom is 0.268 e. The third-order valence-corrected chi connectivity index (χ3v) is 3.68. The fraction of sp³-hybridized carbons (Fsp3) is 0. The quantitative estimate of drug-likeness (QED) is 0.698. The second-order valence-corrected chi connectivity index (χ2v) is 4.96. The molecule has 0 radical (unpaired) electrons. The Bertz CT molecular complexity index is 640. The number of hydrogen-bond donors (Lipinski definition) is 2. The van der Waals surface area contributed by atoms with Crippen molar-refractivity contribution >= 4 is 31.6 Å². The summed E-state index contributed by atoms with van der Waals surface area (Å²) in [5.41, 5.74) is -0.240. The summed E-state index contributed by atoms with van der Waals surface area (Å²) in [5.74, 6) is 0. The molecular weight excluding hydrogens is 226 g/mol. The zero-order valence-electron chi connectivity index (χ0n) is 6.72. The number of nitrogens with zero attached hydrogens (tertiary/aromatic N) is 1. The molecule has 6 nitrogen and oxygen atoms in total. The summed E-state index contributed by atoms with van der Waals surface area (Å²) in [6.07, 6.45) is 1.14. The number of primary sulfonamides is 1. The van der Waals surface area contributed by atoms with Gasteiger partial charge < -0.3 is 4.98 Å². The van der Waals surface area contributed by atoms with Crippen molar-refractivity contribution in [1.82, 2.24) is 9.97 Å². The van der Waals surface area contributed by atoms with E-state index in [9.17, 15) is 13.2 Å². The molecule has 74 valence electrons. The van der Waals surface area contributed by atoms with Crippen LogP contribution in [-0.4, -0.2) is 18.4 Å². The monoisotopic (exact) mass is 231 g/mol. The Morgan fingerprint density at radius 3 is 2.86 bits per heavy atom. The number of fused-ring (bicyclic) bond motifs is 1. The summed E-state index contributed by atoms with van der Waals surface area (Å²) in [7, 11) is -3.81. The smallest absolute Gasteiger partial charge is 0.268 e. The van der Waals surface area contributed by atoms with E-state index in [1.54, 1.807) is 0 Å². The molecule has 8 heteroatoms. The zero-order valence-corrected chi connectivity index (χ0v) is 8.35. The van der Waals surface area contributed by atoms with Crippen molar-refractivity contribution in [2.75, 3.05) is 0 Å². The number of rotatable bonds is 1. The van der Waals surface area contributed by atoms with Gasteiger partial charge in [-0.05, 0) is 0 Å². The number of thiophene rings is 1. The number of H-pyrrole nitrogens is 1. The Kier molecular flexibility index (Phi) is 1.91. The molecule has 0 bridgehead atoms. The van der Waals surface area contributed by atoms with Gasteiger partial charge in [0.2, 0.25) is 10.0 Å². The van der Waals surface area contributed by atoms with Crippen molar-refractivity contribution in [3.05, 3.63) is 22.1 Å². The van der Waals surface area contributed by atoms with E-state index in [1.807, 2.05) is 0 Å². The third kappa shape index (κ3) is 1.33. The van der Waals surface area contributed by atoms with Crippen LogP contribution in [0.2, 0.25) is 0 Å². The number of hydrogen-bond acceptors (Lipinski definition) is 5. The van der Waals surface area contributed by atoms with Crippen LogP contribution in [0.1, 0.15) is 0 Å². The fourth-order valence-corrected chi connectivity index (χ4v) is 2.99. The van der Waals surface area contributed by atoms with Crippen molar-refractivity contribution in [3.63, 3.8) is 0 Å². The normalized spacial score (nSPS) is 12.1. The number of sulfonamides is 1. The lowest BCUT2D eigenvalue weighted by Gasteiger charge is -1.92. The van der Waals surface area contributed by atoms with E-state index < -0.39 is 10.0 Å². The molecule has 2 aromatic heterocycles. The lowest BCUT2D eigenvalue weighted by atomic mass is 10.5. The number of nitrogens with two attached hydrogens (primary N) is 1. The van der Waals surface area contributed by atoms with Crippen molar-refractivity contribution in [2.45, 2.75) is 4.90 Å². The SMILES string of the molecule is NS(=O)(=O)c1csc2c(=O)[nH]cnc12. The van der Waals surface area contributed by atoms with Crippen molar-refractivity contribution in [3.8, 4) is 0 Å². The Labute approximate surface area is 82.5 Å². The first kappa shape index (κ1) is 9.31. The van der Waals surface area contributed by atoms with Crippen LogP contribution in [0.25, 0.3) is 10.2 Å². The summed E-state index contributed by atoms with van der Waals surface area (Å²) in [5, 5.41) is 6.25. The van der Waals surface area contributed by atoms with Crippen LogP contribution in [0.4, 0.5) is 0 Å². The molecule has 0 aromatic carbocycles. The van der Waals surface area contributed by atoms with E-state index in [1.165, 1.54) is 5.38 Å². The van der Waals surface area contributed by atoms with Crippen LogP contribution in [0, 0.1) is 0 Å². The van der Waals surface area contributed by atoms with Gasteiger partial charge in [0, 0.05) is 5.38 Å². The Balaban J connectivity index is 2.97. The maximum absolute atomic E-state index is 11.2. The van der Waals surface area contributed by atoms with Crippen LogP contribution < -0.4 is 10.7 Å². The summed E-state index contributed by atoms with van der Waals surface area (Å²) >= 11 is 1.00. The van der Waals surface area contributed by atoms with Gasteiger partial charge in [-0.25, -0.2) is 18.5 Å². The van der Waals surface area contributed by atoms with Gasteiger partial charge in [0.25, 0.3) is 5.56 Å². The molecule has 0 aliphatic carbocycles. The Morgan fingerprint density at radius 2 is 2.21 bits per heavy atom. The summed E-state index contributed by atoms with van der Waals surface area (Å²) in [6.45, 7) is 0. The molecule has 14 heavy (non-hydrogen) atoms. The lowest BCUT2D eigenvalue weighted by molar-refractivity contribution is 0.599. The summed E-state index contributed by atoms with van der Waals surface area (Å²) in [4.78, 5) is 17.2. The third-order valence-electron chi connectivity index (χ3n) is 1.63. The van der Waals surface area contributed by atoms with Gasteiger partial charge in [0.15, 0.2) is 0 Å². The van der Waals surface area contributed by atoms with Crippen LogP contribution in [0.3, 0.4) is 0 Å². The van der Waals surface area contributed by atoms with Gasteiger partial charge in [-0.3, -0.25) is 4.79 Å². The average Bonchev–Trinajstić information content (AvgIpc) is 2.47. The van der Waals surface area contributed by atoms with Gasteiger partial charge in [-0.2, -0.15) is 0 Å². The minimum atomic E-state index is -3.81. The van der Waals surface area contributed by atoms with Gasteiger partial charge in [-0.1, -0.05) is 0 Å². The van der Waals surface area contributed by atoms with Crippen LogP contribution >= 0.6 is 11.3 Å². The van der Waals surface area contributed by atoms with Gasteiger partial charge in [-0.15, -0.1) is 11.3 Å². The van der Waals surface area contributed by atoms with Gasteiger partial charge in [0.05, 0.1) is 6.33 Å². The molecule has 2 heterocycles. The maximum atomic E-state index is 11.2. The Morgan fingerprint density at radius 1 is 1.50 bits per heavy atom. The van der Waals surface area contributed by atoms with E-state index in [-0.39, 0.29) is 20.7 Å². The minimum absolute atomic E-state index is 0.108. The average molecular weight is 231 g/mol. The van der Waals surface area contributed by atoms with Crippen LogP contribution in [-0.2, 0) is 10.0 Å². The number of aromatic nitrogens is 2. The van der Waals surface area contributed by atoms with E-state index >= 15 is 0 Å². The highest BCUT2D eigenvalue weighted by atomic mass is 32.2. The molecule has 0 spiro atoms. The largest absolute Gasteiger partial charge is 0.312 e. The number of nitrogens with one attached hydrogen (secondary N) is 1. The molecule has 3 N–H and O–H groups in total. The highest BCUT2D eigenvalue weighted by Crippen LogP contribution is 2.23. The topological polar surface area (TPSA) is 106 Å². The first-order valence-corrected chi connectivity index (χ1v) is 5.90. The molecule has 0 unspecified atom stereocenters. The lowest BCUT2D eigenvalue weighted by Crippen LogP contribution is -2.12. The van der Waals surface area contributed by atoms with Crippen molar-refractivity contribution < 1.29 is 8.42 Å².